The zero-order chi connectivity index (χ0) is 10.8. The standard InChI is InChI=1S/C13H17NS/c1-4-14-9(2)13-10(3)15-12-8-6-5-7-11(12)13/h4H,1,5-8H2,2-3H3. The molecule has 1 aliphatic rings. The Bertz CT molecular complexity index is 412. The summed E-state index contributed by atoms with van der Waals surface area (Å²) in [5, 5.41) is 0. The maximum absolute atomic E-state index is 4.32. The third kappa shape index (κ3) is 1.91. The first kappa shape index (κ1) is 10.6. The first-order valence-corrected chi connectivity index (χ1v) is 6.32. The van der Waals surface area contributed by atoms with Crippen LogP contribution in [0.25, 0.3) is 0 Å². The van der Waals surface area contributed by atoms with Crippen molar-refractivity contribution in [2.45, 2.75) is 39.5 Å². The second-order valence-electron chi connectivity index (χ2n) is 4.04. The molecule has 0 N–H and O–H groups in total. The zero-order valence-electron chi connectivity index (χ0n) is 9.47. The van der Waals surface area contributed by atoms with Crippen LogP contribution in [0.2, 0.25) is 0 Å². The Hall–Kier alpha value is -0.890. The minimum atomic E-state index is 1.13. The predicted molar refractivity (Wildman–Crippen MR) is 68.1 cm³/mol. The highest BCUT2D eigenvalue weighted by Crippen LogP contribution is 2.34. The maximum Gasteiger partial charge on any atom is 0.0458 e. The predicted octanol–water partition coefficient (Wildman–Crippen LogP) is 3.89. The molecule has 1 nitrogen and oxygen atoms in total. The van der Waals surface area contributed by atoms with Gasteiger partial charge >= 0.3 is 0 Å². The van der Waals surface area contributed by atoms with Crippen LogP contribution >= 0.6 is 11.3 Å². The minimum Gasteiger partial charge on any atom is -0.262 e. The van der Waals surface area contributed by atoms with Gasteiger partial charge in [-0.3, -0.25) is 4.99 Å². The van der Waals surface area contributed by atoms with Gasteiger partial charge in [-0.2, -0.15) is 0 Å². The Kier molecular flexibility index (Phi) is 3.06. The summed E-state index contributed by atoms with van der Waals surface area (Å²) >= 11 is 1.96. The molecular weight excluding hydrogens is 202 g/mol. The molecule has 0 unspecified atom stereocenters. The van der Waals surface area contributed by atoms with Crippen LogP contribution in [0.15, 0.2) is 17.8 Å². The van der Waals surface area contributed by atoms with E-state index < -0.39 is 0 Å². The normalized spacial score (nSPS) is 16.3. The lowest BCUT2D eigenvalue weighted by molar-refractivity contribution is 0.696. The molecule has 0 spiro atoms. The fraction of sp³-hybridized carbons (Fsp3) is 0.462. The third-order valence-electron chi connectivity index (χ3n) is 2.99. The van der Waals surface area contributed by atoms with Crippen LogP contribution < -0.4 is 0 Å². The van der Waals surface area contributed by atoms with E-state index >= 15 is 0 Å². The largest absolute Gasteiger partial charge is 0.262 e. The van der Waals surface area contributed by atoms with Crippen molar-refractivity contribution in [2.24, 2.45) is 4.99 Å². The van der Waals surface area contributed by atoms with E-state index in [1.807, 2.05) is 11.3 Å². The monoisotopic (exact) mass is 219 g/mol. The van der Waals surface area contributed by atoms with E-state index in [2.05, 4.69) is 25.4 Å². The van der Waals surface area contributed by atoms with Crippen molar-refractivity contribution in [2.75, 3.05) is 0 Å². The quantitative estimate of drug-likeness (QED) is 0.669. The lowest BCUT2D eigenvalue weighted by Crippen LogP contribution is -2.05. The molecule has 0 atom stereocenters. The van der Waals surface area contributed by atoms with Crippen LogP contribution in [0.5, 0.6) is 0 Å². The van der Waals surface area contributed by atoms with Gasteiger partial charge in [0.05, 0.1) is 0 Å². The van der Waals surface area contributed by atoms with Gasteiger partial charge in [0.25, 0.3) is 0 Å². The van der Waals surface area contributed by atoms with Crippen molar-refractivity contribution in [3.05, 3.63) is 33.7 Å². The molecule has 2 rings (SSSR count). The van der Waals surface area contributed by atoms with Gasteiger partial charge < -0.3 is 0 Å². The topological polar surface area (TPSA) is 12.4 Å². The van der Waals surface area contributed by atoms with E-state index in [1.54, 1.807) is 16.6 Å². The number of thiophene rings is 1. The summed E-state index contributed by atoms with van der Waals surface area (Å²) in [7, 11) is 0. The van der Waals surface area contributed by atoms with Crippen molar-refractivity contribution in [1.82, 2.24) is 0 Å². The van der Waals surface area contributed by atoms with Crippen LogP contribution in [0.3, 0.4) is 0 Å². The molecular formula is C13H17NS. The maximum atomic E-state index is 4.32. The molecule has 0 aliphatic heterocycles. The van der Waals surface area contributed by atoms with Crippen molar-refractivity contribution in [3.8, 4) is 0 Å². The van der Waals surface area contributed by atoms with Gasteiger partial charge in [-0.15, -0.1) is 11.3 Å². The Morgan fingerprint density at radius 1 is 1.40 bits per heavy atom. The first-order chi connectivity index (χ1) is 7.24. The van der Waals surface area contributed by atoms with Crippen molar-refractivity contribution < 1.29 is 0 Å². The van der Waals surface area contributed by atoms with Crippen molar-refractivity contribution >= 4 is 17.0 Å². The zero-order valence-corrected chi connectivity index (χ0v) is 10.3. The van der Waals surface area contributed by atoms with Gasteiger partial charge in [0.1, 0.15) is 0 Å². The van der Waals surface area contributed by atoms with Crippen molar-refractivity contribution in [1.29, 1.82) is 0 Å². The highest BCUT2D eigenvalue weighted by Gasteiger charge is 2.19. The lowest BCUT2D eigenvalue weighted by Gasteiger charge is -2.12. The Morgan fingerprint density at radius 2 is 2.13 bits per heavy atom. The molecule has 0 fully saturated rings. The fourth-order valence-corrected chi connectivity index (χ4v) is 3.69. The molecule has 15 heavy (non-hydrogen) atoms. The van der Waals surface area contributed by atoms with Gasteiger partial charge in [0.15, 0.2) is 0 Å². The van der Waals surface area contributed by atoms with Crippen LogP contribution in [0, 0.1) is 6.92 Å². The molecule has 0 amide bonds. The summed E-state index contributed by atoms with van der Waals surface area (Å²) < 4.78 is 0. The summed E-state index contributed by atoms with van der Waals surface area (Å²) in [4.78, 5) is 7.33. The molecule has 0 bridgehead atoms. The van der Waals surface area contributed by atoms with E-state index in [4.69, 9.17) is 0 Å². The summed E-state index contributed by atoms with van der Waals surface area (Å²) in [6, 6.07) is 0. The molecule has 0 aromatic carbocycles. The summed E-state index contributed by atoms with van der Waals surface area (Å²) in [5.74, 6) is 0. The van der Waals surface area contributed by atoms with Gasteiger partial charge in [0, 0.05) is 27.2 Å². The number of rotatable bonds is 2. The van der Waals surface area contributed by atoms with Crippen LogP contribution in [-0.2, 0) is 12.8 Å². The number of aryl methyl sites for hydroxylation is 2. The van der Waals surface area contributed by atoms with E-state index in [-0.39, 0.29) is 0 Å². The lowest BCUT2D eigenvalue weighted by atomic mass is 9.93. The molecule has 0 saturated carbocycles. The van der Waals surface area contributed by atoms with E-state index in [9.17, 15) is 0 Å². The SMILES string of the molecule is C=CN=C(C)c1c(C)sc2c1CCCC2. The number of nitrogens with zero attached hydrogens (tertiary/aromatic N) is 1. The average Bonchev–Trinajstić information content (AvgIpc) is 2.54. The van der Waals surface area contributed by atoms with Crippen LogP contribution in [0.1, 0.15) is 40.6 Å². The highest BCUT2D eigenvalue weighted by atomic mass is 32.1. The summed E-state index contributed by atoms with van der Waals surface area (Å²) in [5.41, 5.74) is 4.09. The van der Waals surface area contributed by atoms with E-state index in [1.165, 1.54) is 36.1 Å². The minimum absolute atomic E-state index is 1.13. The third-order valence-corrected chi connectivity index (χ3v) is 4.20. The Morgan fingerprint density at radius 3 is 2.87 bits per heavy atom. The molecule has 1 aromatic rings. The summed E-state index contributed by atoms with van der Waals surface area (Å²) in [6.07, 6.45) is 6.82. The first-order valence-electron chi connectivity index (χ1n) is 5.51. The van der Waals surface area contributed by atoms with Gasteiger partial charge in [-0.05, 0) is 45.1 Å². The van der Waals surface area contributed by atoms with Crippen LogP contribution in [-0.4, -0.2) is 5.71 Å². The fourth-order valence-electron chi connectivity index (χ4n) is 2.38. The number of fused-ring (bicyclic) bond motifs is 1. The molecule has 0 saturated heterocycles. The molecule has 80 valence electrons. The molecule has 1 aliphatic carbocycles. The number of hydrogen-bond acceptors (Lipinski definition) is 2. The van der Waals surface area contributed by atoms with E-state index in [0.29, 0.717) is 0 Å². The Labute approximate surface area is 95.6 Å². The highest BCUT2D eigenvalue weighted by molar-refractivity contribution is 7.12. The molecule has 1 aromatic heterocycles. The van der Waals surface area contributed by atoms with Gasteiger partial charge in [-0.1, -0.05) is 6.58 Å². The summed E-state index contributed by atoms with van der Waals surface area (Å²) in [6.45, 7) is 7.97. The molecule has 2 heteroatoms. The van der Waals surface area contributed by atoms with Crippen LogP contribution in [0.4, 0.5) is 0 Å². The smallest absolute Gasteiger partial charge is 0.0458 e. The van der Waals surface area contributed by atoms with Gasteiger partial charge in [-0.25, -0.2) is 0 Å². The number of aliphatic imine (C=N–C) groups is 1. The average molecular weight is 219 g/mol. The van der Waals surface area contributed by atoms with Crippen molar-refractivity contribution in [3.63, 3.8) is 0 Å². The van der Waals surface area contributed by atoms with E-state index in [0.717, 1.165) is 5.71 Å². The molecule has 1 heterocycles. The molecule has 0 radical (unpaired) electrons. The second-order valence-corrected chi connectivity index (χ2v) is 5.35. The van der Waals surface area contributed by atoms with Gasteiger partial charge in [0.2, 0.25) is 0 Å². The number of hydrogen-bond donors (Lipinski definition) is 0. The Balaban J connectivity index is 2.50. The second kappa shape index (κ2) is 4.31.